The van der Waals surface area contributed by atoms with Gasteiger partial charge in [0.25, 0.3) is 0 Å². The molecule has 146 valence electrons. The Labute approximate surface area is 153 Å². The standard InChI is InChI=1S/C17H16F4N2O3S/c18-14-7-6-13(17(19,20)21)10-15(14)27(25,26)23-11-16(24)22-9-8-12-4-2-1-3-5-12/h1-7,10,23H,8-9,11H2,(H,22,24). The van der Waals surface area contributed by atoms with Gasteiger partial charge in [-0.25, -0.2) is 17.5 Å². The minimum absolute atomic E-state index is 0.185. The average molecular weight is 404 g/mol. The molecule has 0 unspecified atom stereocenters. The van der Waals surface area contributed by atoms with Crippen LogP contribution in [0.25, 0.3) is 0 Å². The number of benzene rings is 2. The van der Waals surface area contributed by atoms with Gasteiger partial charge in [-0.3, -0.25) is 4.79 Å². The highest BCUT2D eigenvalue weighted by Crippen LogP contribution is 2.31. The van der Waals surface area contributed by atoms with Gasteiger partial charge < -0.3 is 5.32 Å². The van der Waals surface area contributed by atoms with E-state index in [1.807, 2.05) is 30.3 Å². The molecule has 0 aromatic heterocycles. The second kappa shape index (κ2) is 8.49. The highest BCUT2D eigenvalue weighted by atomic mass is 32.2. The van der Waals surface area contributed by atoms with Crippen LogP contribution in [-0.4, -0.2) is 27.4 Å². The summed E-state index contributed by atoms with van der Waals surface area (Å²) in [6, 6.07) is 10.2. The monoisotopic (exact) mass is 404 g/mol. The van der Waals surface area contributed by atoms with Crippen molar-refractivity contribution in [1.29, 1.82) is 0 Å². The van der Waals surface area contributed by atoms with Gasteiger partial charge in [-0.2, -0.15) is 13.2 Å². The first-order chi connectivity index (χ1) is 12.6. The maximum Gasteiger partial charge on any atom is 0.416 e. The molecule has 1 amide bonds. The van der Waals surface area contributed by atoms with E-state index in [0.717, 1.165) is 5.56 Å². The van der Waals surface area contributed by atoms with Crippen molar-refractivity contribution in [2.45, 2.75) is 17.5 Å². The SMILES string of the molecule is O=C(CNS(=O)(=O)c1cc(C(F)(F)F)ccc1F)NCCc1ccccc1. The maximum atomic E-state index is 13.7. The molecule has 0 aliphatic carbocycles. The van der Waals surface area contributed by atoms with Gasteiger partial charge in [0, 0.05) is 6.54 Å². The number of carbonyl (C=O) groups is 1. The third-order valence-electron chi connectivity index (χ3n) is 3.55. The van der Waals surface area contributed by atoms with Gasteiger partial charge in [-0.05, 0) is 30.2 Å². The first kappa shape index (κ1) is 20.8. The lowest BCUT2D eigenvalue weighted by atomic mass is 10.1. The molecule has 2 aromatic carbocycles. The lowest BCUT2D eigenvalue weighted by molar-refractivity contribution is -0.137. The van der Waals surface area contributed by atoms with Gasteiger partial charge in [0.2, 0.25) is 15.9 Å². The van der Waals surface area contributed by atoms with E-state index >= 15 is 0 Å². The Morgan fingerprint density at radius 2 is 1.70 bits per heavy atom. The first-order valence-electron chi connectivity index (χ1n) is 7.76. The normalized spacial score (nSPS) is 12.0. The van der Waals surface area contributed by atoms with E-state index in [4.69, 9.17) is 0 Å². The van der Waals surface area contributed by atoms with E-state index in [2.05, 4.69) is 5.32 Å². The van der Waals surface area contributed by atoms with E-state index in [9.17, 15) is 30.8 Å². The second-order valence-electron chi connectivity index (χ2n) is 5.55. The molecule has 2 rings (SSSR count). The summed E-state index contributed by atoms with van der Waals surface area (Å²) in [5.74, 6) is -2.04. The molecule has 10 heteroatoms. The number of amides is 1. The van der Waals surface area contributed by atoms with Crippen LogP contribution in [-0.2, 0) is 27.4 Å². The molecule has 5 nitrogen and oxygen atoms in total. The smallest absolute Gasteiger partial charge is 0.355 e. The summed E-state index contributed by atoms with van der Waals surface area (Å²) in [7, 11) is -4.63. The van der Waals surface area contributed by atoms with Gasteiger partial charge in [-0.15, -0.1) is 0 Å². The lowest BCUT2D eigenvalue weighted by Crippen LogP contribution is -2.38. The van der Waals surface area contributed by atoms with Crippen LogP contribution in [0.1, 0.15) is 11.1 Å². The summed E-state index contributed by atoms with van der Waals surface area (Å²) >= 11 is 0. The Morgan fingerprint density at radius 3 is 2.33 bits per heavy atom. The summed E-state index contributed by atoms with van der Waals surface area (Å²) in [4.78, 5) is 10.5. The van der Waals surface area contributed by atoms with Crippen molar-refractivity contribution in [1.82, 2.24) is 10.0 Å². The number of carbonyl (C=O) groups excluding carboxylic acids is 1. The second-order valence-corrected chi connectivity index (χ2v) is 7.29. The molecular formula is C17H16F4N2O3S. The number of sulfonamides is 1. The fourth-order valence-electron chi connectivity index (χ4n) is 2.18. The van der Waals surface area contributed by atoms with Gasteiger partial charge >= 0.3 is 6.18 Å². The zero-order valence-corrected chi connectivity index (χ0v) is 14.7. The third kappa shape index (κ3) is 6.04. The largest absolute Gasteiger partial charge is 0.416 e. The quantitative estimate of drug-likeness (QED) is 0.697. The van der Waals surface area contributed by atoms with Crippen molar-refractivity contribution in [3.05, 3.63) is 65.5 Å². The van der Waals surface area contributed by atoms with Crippen LogP contribution in [0.3, 0.4) is 0 Å². The van der Waals surface area contributed by atoms with Crippen LogP contribution in [0, 0.1) is 5.82 Å². The Kier molecular flexibility index (Phi) is 6.55. The average Bonchev–Trinajstić information content (AvgIpc) is 2.60. The molecule has 0 radical (unpaired) electrons. The van der Waals surface area contributed by atoms with Crippen LogP contribution in [0.15, 0.2) is 53.4 Å². The molecule has 0 aliphatic heterocycles. The molecule has 0 saturated heterocycles. The summed E-state index contributed by atoms with van der Waals surface area (Å²) in [5.41, 5.74) is -0.346. The molecular weight excluding hydrogens is 388 g/mol. The van der Waals surface area contributed by atoms with Crippen LogP contribution in [0.4, 0.5) is 17.6 Å². The summed E-state index contributed by atoms with van der Waals surface area (Å²) in [6.45, 7) is -0.491. The van der Waals surface area contributed by atoms with Crippen molar-refractivity contribution in [3.8, 4) is 0 Å². The Morgan fingerprint density at radius 1 is 1.04 bits per heavy atom. The fraction of sp³-hybridized carbons (Fsp3) is 0.235. The minimum Gasteiger partial charge on any atom is -0.355 e. The minimum atomic E-state index is -4.83. The predicted octanol–water partition coefficient (Wildman–Crippen LogP) is 2.48. The molecule has 0 bridgehead atoms. The maximum absolute atomic E-state index is 13.7. The van der Waals surface area contributed by atoms with Gasteiger partial charge in [0.05, 0.1) is 12.1 Å². The lowest BCUT2D eigenvalue weighted by Gasteiger charge is -2.11. The van der Waals surface area contributed by atoms with Crippen molar-refractivity contribution in [3.63, 3.8) is 0 Å². The van der Waals surface area contributed by atoms with Gasteiger partial charge in [-0.1, -0.05) is 30.3 Å². The highest BCUT2D eigenvalue weighted by molar-refractivity contribution is 7.89. The fourth-order valence-corrected chi connectivity index (χ4v) is 3.26. The summed E-state index contributed by atoms with van der Waals surface area (Å²) in [6.07, 6.45) is -4.31. The zero-order chi connectivity index (χ0) is 20.1. The summed E-state index contributed by atoms with van der Waals surface area (Å²) in [5, 5.41) is 2.47. The van der Waals surface area contributed by atoms with Crippen molar-refractivity contribution >= 4 is 15.9 Å². The number of hydrogen-bond acceptors (Lipinski definition) is 3. The van der Waals surface area contributed by atoms with Gasteiger partial charge in [0.1, 0.15) is 10.7 Å². The third-order valence-corrected chi connectivity index (χ3v) is 4.97. The predicted molar refractivity (Wildman–Crippen MR) is 89.7 cm³/mol. The van der Waals surface area contributed by atoms with Crippen molar-refractivity contribution in [2.24, 2.45) is 0 Å². The highest BCUT2D eigenvalue weighted by Gasteiger charge is 2.33. The Bertz CT molecular complexity index is 900. The Hall–Kier alpha value is -2.46. The van der Waals surface area contributed by atoms with E-state index in [1.54, 1.807) is 4.72 Å². The molecule has 0 spiro atoms. The van der Waals surface area contributed by atoms with Crippen molar-refractivity contribution in [2.75, 3.05) is 13.1 Å². The number of alkyl halides is 3. The first-order valence-corrected chi connectivity index (χ1v) is 9.25. The van der Waals surface area contributed by atoms with Crippen LogP contribution in [0.5, 0.6) is 0 Å². The van der Waals surface area contributed by atoms with Crippen LogP contribution < -0.4 is 10.0 Å². The number of nitrogens with one attached hydrogen (secondary N) is 2. The molecule has 0 aliphatic rings. The van der Waals surface area contributed by atoms with Crippen LogP contribution >= 0.6 is 0 Å². The molecule has 0 heterocycles. The molecule has 2 N–H and O–H groups in total. The van der Waals surface area contributed by atoms with Crippen LogP contribution in [0.2, 0.25) is 0 Å². The van der Waals surface area contributed by atoms with E-state index in [1.165, 1.54) is 0 Å². The molecule has 0 atom stereocenters. The van der Waals surface area contributed by atoms with E-state index in [-0.39, 0.29) is 12.6 Å². The van der Waals surface area contributed by atoms with Crippen molar-refractivity contribution < 1.29 is 30.8 Å². The zero-order valence-electron chi connectivity index (χ0n) is 13.9. The van der Waals surface area contributed by atoms with E-state index in [0.29, 0.717) is 18.6 Å². The number of halogens is 4. The Balaban J connectivity index is 1.95. The molecule has 0 saturated carbocycles. The van der Waals surface area contributed by atoms with E-state index < -0.39 is 44.9 Å². The molecule has 2 aromatic rings. The topological polar surface area (TPSA) is 75.3 Å². The molecule has 0 fully saturated rings. The number of rotatable bonds is 7. The molecule has 27 heavy (non-hydrogen) atoms. The number of hydrogen-bond donors (Lipinski definition) is 2. The van der Waals surface area contributed by atoms with Gasteiger partial charge in [0.15, 0.2) is 0 Å². The summed E-state index contributed by atoms with van der Waals surface area (Å²) < 4.78 is 77.6.